The van der Waals surface area contributed by atoms with Gasteiger partial charge in [-0.15, -0.1) is 0 Å². The number of nitrogens with zero attached hydrogens (tertiary/aromatic N) is 1. The average molecular weight is 297 g/mol. The molecule has 1 amide bonds. The highest BCUT2D eigenvalue weighted by atomic mass is 32.1. The number of thiophene rings is 1. The minimum Gasteiger partial charge on any atom is -0.481 e. The molecule has 1 fully saturated rings. The first-order chi connectivity index (χ1) is 9.41. The molecule has 108 valence electrons. The molecule has 2 N–H and O–H groups in total. The molecule has 1 aliphatic rings. The van der Waals surface area contributed by atoms with Crippen LogP contribution in [0, 0.1) is 12.8 Å². The summed E-state index contributed by atoms with van der Waals surface area (Å²) < 4.78 is 0. The molecule has 2 atom stereocenters. The van der Waals surface area contributed by atoms with Crippen molar-refractivity contribution in [1.29, 1.82) is 0 Å². The monoisotopic (exact) mass is 297 g/mol. The zero-order chi connectivity index (χ0) is 14.9. The van der Waals surface area contributed by atoms with E-state index in [4.69, 9.17) is 5.11 Å². The maximum atomic E-state index is 12.4. The van der Waals surface area contributed by atoms with E-state index >= 15 is 0 Å². The van der Waals surface area contributed by atoms with Crippen LogP contribution in [0.1, 0.15) is 28.8 Å². The smallest absolute Gasteiger partial charge is 0.326 e. The molecule has 2 rings (SSSR count). The van der Waals surface area contributed by atoms with Gasteiger partial charge in [-0.2, -0.15) is 11.3 Å². The SMILES string of the molecule is Cc1cscc1C(=O)N1CC(C(=O)O)CCC1C(=O)O. The van der Waals surface area contributed by atoms with Crippen molar-refractivity contribution in [2.75, 3.05) is 6.54 Å². The van der Waals surface area contributed by atoms with Crippen LogP contribution in [0.2, 0.25) is 0 Å². The zero-order valence-electron chi connectivity index (χ0n) is 10.9. The molecular weight excluding hydrogens is 282 g/mol. The molecule has 6 nitrogen and oxygen atoms in total. The number of piperidine rings is 1. The summed E-state index contributed by atoms with van der Waals surface area (Å²) in [5.74, 6) is -3.18. The first kappa shape index (κ1) is 14.5. The van der Waals surface area contributed by atoms with E-state index in [1.807, 2.05) is 5.38 Å². The Morgan fingerprint density at radius 1 is 1.20 bits per heavy atom. The standard InChI is InChI=1S/C13H15NO5S/c1-7-5-20-6-9(7)11(15)14-4-8(12(16)17)2-3-10(14)13(18)19/h5-6,8,10H,2-4H2,1H3,(H,16,17)(H,18,19). The van der Waals surface area contributed by atoms with E-state index in [1.54, 1.807) is 12.3 Å². The number of carboxylic acids is 2. The second-order valence-electron chi connectivity index (χ2n) is 4.89. The molecule has 1 saturated heterocycles. The van der Waals surface area contributed by atoms with Gasteiger partial charge < -0.3 is 15.1 Å². The second-order valence-corrected chi connectivity index (χ2v) is 5.64. The molecule has 1 aromatic heterocycles. The summed E-state index contributed by atoms with van der Waals surface area (Å²) in [6, 6.07) is -0.947. The Balaban J connectivity index is 2.28. The molecule has 0 aliphatic carbocycles. The van der Waals surface area contributed by atoms with Crippen LogP contribution in [0.3, 0.4) is 0 Å². The molecule has 0 saturated carbocycles. The minimum absolute atomic E-state index is 0.0551. The topological polar surface area (TPSA) is 94.9 Å². The molecule has 20 heavy (non-hydrogen) atoms. The van der Waals surface area contributed by atoms with Crippen LogP contribution in [-0.2, 0) is 9.59 Å². The number of rotatable bonds is 3. The Bertz CT molecular complexity index is 553. The number of carboxylic acid groups (broad SMARTS) is 2. The van der Waals surface area contributed by atoms with Crippen molar-refractivity contribution in [3.8, 4) is 0 Å². The Labute approximate surface area is 119 Å². The third-order valence-electron chi connectivity index (χ3n) is 3.56. The molecule has 1 aromatic rings. The minimum atomic E-state index is -1.09. The van der Waals surface area contributed by atoms with Gasteiger partial charge in [0.15, 0.2) is 0 Å². The summed E-state index contributed by atoms with van der Waals surface area (Å²) in [6.07, 6.45) is 0.444. The van der Waals surface area contributed by atoms with Gasteiger partial charge in [0.05, 0.1) is 11.5 Å². The van der Waals surface area contributed by atoms with Gasteiger partial charge in [-0.25, -0.2) is 4.79 Å². The third kappa shape index (κ3) is 2.67. The molecule has 0 aromatic carbocycles. The normalized spacial score (nSPS) is 22.6. The van der Waals surface area contributed by atoms with Gasteiger partial charge >= 0.3 is 11.9 Å². The van der Waals surface area contributed by atoms with Gasteiger partial charge in [-0.05, 0) is 30.7 Å². The van der Waals surface area contributed by atoms with Gasteiger partial charge in [0.1, 0.15) is 6.04 Å². The van der Waals surface area contributed by atoms with Gasteiger partial charge in [0.25, 0.3) is 5.91 Å². The lowest BCUT2D eigenvalue weighted by Crippen LogP contribution is -2.52. The summed E-state index contributed by atoms with van der Waals surface area (Å²) in [7, 11) is 0. The van der Waals surface area contributed by atoms with Crippen molar-refractivity contribution in [3.63, 3.8) is 0 Å². The number of amides is 1. The number of hydrogen-bond acceptors (Lipinski definition) is 4. The van der Waals surface area contributed by atoms with E-state index in [1.165, 1.54) is 16.2 Å². The highest BCUT2D eigenvalue weighted by Crippen LogP contribution is 2.26. The number of carbonyl (C=O) groups excluding carboxylic acids is 1. The van der Waals surface area contributed by atoms with Gasteiger partial charge in [-0.3, -0.25) is 9.59 Å². The fourth-order valence-electron chi connectivity index (χ4n) is 2.39. The fourth-order valence-corrected chi connectivity index (χ4v) is 3.21. The highest BCUT2D eigenvalue weighted by molar-refractivity contribution is 7.08. The number of aliphatic carboxylic acids is 2. The average Bonchev–Trinajstić information content (AvgIpc) is 2.83. The molecule has 2 unspecified atom stereocenters. The molecule has 7 heteroatoms. The highest BCUT2D eigenvalue weighted by Gasteiger charge is 2.39. The molecule has 0 bridgehead atoms. The van der Waals surface area contributed by atoms with Gasteiger partial charge in [-0.1, -0.05) is 0 Å². The van der Waals surface area contributed by atoms with Crippen molar-refractivity contribution in [1.82, 2.24) is 4.90 Å². The van der Waals surface area contributed by atoms with Crippen LogP contribution in [-0.4, -0.2) is 45.5 Å². The van der Waals surface area contributed by atoms with Crippen molar-refractivity contribution < 1.29 is 24.6 Å². The first-order valence-corrected chi connectivity index (χ1v) is 7.15. The summed E-state index contributed by atoms with van der Waals surface area (Å²) >= 11 is 1.36. The fraction of sp³-hybridized carbons (Fsp3) is 0.462. The first-order valence-electron chi connectivity index (χ1n) is 6.21. The van der Waals surface area contributed by atoms with E-state index in [9.17, 15) is 19.5 Å². The molecule has 0 radical (unpaired) electrons. The summed E-state index contributed by atoms with van der Waals surface area (Å²) in [6.45, 7) is 1.72. The van der Waals surface area contributed by atoms with E-state index in [-0.39, 0.29) is 19.4 Å². The van der Waals surface area contributed by atoms with Crippen LogP contribution < -0.4 is 0 Å². The Morgan fingerprint density at radius 2 is 1.90 bits per heavy atom. The third-order valence-corrected chi connectivity index (χ3v) is 4.42. The second kappa shape index (κ2) is 5.62. The van der Waals surface area contributed by atoms with E-state index in [2.05, 4.69) is 0 Å². The molecule has 2 heterocycles. The van der Waals surface area contributed by atoms with Crippen molar-refractivity contribution in [2.45, 2.75) is 25.8 Å². The maximum absolute atomic E-state index is 12.4. The van der Waals surface area contributed by atoms with Crippen molar-refractivity contribution >= 4 is 29.2 Å². The quantitative estimate of drug-likeness (QED) is 0.880. The molecular formula is C13H15NO5S. The van der Waals surface area contributed by atoms with Crippen LogP contribution in [0.25, 0.3) is 0 Å². The van der Waals surface area contributed by atoms with Crippen LogP contribution in [0.4, 0.5) is 0 Å². The van der Waals surface area contributed by atoms with Crippen molar-refractivity contribution in [2.24, 2.45) is 5.92 Å². The number of hydrogen-bond donors (Lipinski definition) is 2. The van der Waals surface area contributed by atoms with Crippen LogP contribution in [0.15, 0.2) is 10.8 Å². The summed E-state index contributed by atoms with van der Waals surface area (Å²) in [4.78, 5) is 36.0. The number of aryl methyl sites for hydroxylation is 1. The van der Waals surface area contributed by atoms with E-state index in [0.717, 1.165) is 5.56 Å². The Morgan fingerprint density at radius 3 is 2.40 bits per heavy atom. The van der Waals surface area contributed by atoms with E-state index in [0.29, 0.717) is 5.56 Å². The lowest BCUT2D eigenvalue weighted by atomic mass is 9.92. The lowest BCUT2D eigenvalue weighted by molar-refractivity contribution is -0.150. The Hall–Kier alpha value is -1.89. The van der Waals surface area contributed by atoms with Gasteiger partial charge in [0, 0.05) is 11.9 Å². The van der Waals surface area contributed by atoms with Gasteiger partial charge in [0.2, 0.25) is 0 Å². The molecule has 0 spiro atoms. The number of likely N-dealkylation sites (tertiary alicyclic amines) is 1. The predicted molar refractivity (Wildman–Crippen MR) is 71.9 cm³/mol. The largest absolute Gasteiger partial charge is 0.481 e. The molecule has 1 aliphatic heterocycles. The van der Waals surface area contributed by atoms with E-state index < -0.39 is 29.8 Å². The van der Waals surface area contributed by atoms with Crippen LogP contribution >= 0.6 is 11.3 Å². The van der Waals surface area contributed by atoms with Crippen LogP contribution in [0.5, 0.6) is 0 Å². The number of carbonyl (C=O) groups is 3. The predicted octanol–water partition coefficient (Wildman–Crippen LogP) is 1.45. The summed E-state index contributed by atoms with van der Waals surface area (Å²) in [5.41, 5.74) is 1.23. The Kier molecular flexibility index (Phi) is 4.08. The van der Waals surface area contributed by atoms with Crippen molar-refractivity contribution in [3.05, 3.63) is 21.9 Å². The zero-order valence-corrected chi connectivity index (χ0v) is 11.7. The lowest BCUT2D eigenvalue weighted by Gasteiger charge is -2.36. The summed E-state index contributed by atoms with van der Waals surface area (Å²) in [5, 5.41) is 21.7. The maximum Gasteiger partial charge on any atom is 0.326 e.